The fourth-order valence-corrected chi connectivity index (χ4v) is 5.57. The molecule has 0 fully saturated rings. The number of carbonyl (C=O) groups excluding carboxylic acids is 2. The SMILES string of the molecule is CC(NC(=O)c1nn(-c2ccc(Cl)cc2Cl)c2c1CCN(C(=O)OC(C)(C)C)CC2=Cc1ccc(F)cc1)c1ccccc1. The highest BCUT2D eigenvalue weighted by molar-refractivity contribution is 6.35. The summed E-state index contributed by atoms with van der Waals surface area (Å²) in [5.41, 5.74) is 3.60. The molecule has 0 saturated heterocycles. The maximum Gasteiger partial charge on any atom is 0.410 e. The van der Waals surface area contributed by atoms with Crippen LogP contribution in [0.5, 0.6) is 0 Å². The molecule has 2 amide bonds. The van der Waals surface area contributed by atoms with Crippen molar-refractivity contribution in [1.29, 1.82) is 0 Å². The van der Waals surface area contributed by atoms with E-state index in [4.69, 9.17) is 33.0 Å². The van der Waals surface area contributed by atoms with E-state index in [-0.39, 0.29) is 36.5 Å². The number of benzene rings is 3. The minimum atomic E-state index is -0.705. The predicted octanol–water partition coefficient (Wildman–Crippen LogP) is 8.14. The van der Waals surface area contributed by atoms with Gasteiger partial charge in [-0.25, -0.2) is 13.9 Å². The number of hydrogen-bond donors (Lipinski definition) is 1. The Morgan fingerprint density at radius 3 is 2.41 bits per heavy atom. The number of nitrogens with one attached hydrogen (secondary N) is 1. The lowest BCUT2D eigenvalue weighted by molar-refractivity contribution is 0.0279. The van der Waals surface area contributed by atoms with Crippen molar-refractivity contribution >= 4 is 46.9 Å². The van der Waals surface area contributed by atoms with Crippen LogP contribution in [-0.2, 0) is 11.2 Å². The molecule has 2 heterocycles. The summed E-state index contributed by atoms with van der Waals surface area (Å²) in [5.74, 6) is -0.734. The van der Waals surface area contributed by atoms with Gasteiger partial charge in [0.1, 0.15) is 11.4 Å². The van der Waals surface area contributed by atoms with Gasteiger partial charge in [0.05, 0.1) is 29.0 Å². The number of carbonyl (C=O) groups is 2. The van der Waals surface area contributed by atoms with Crippen LogP contribution in [0.15, 0.2) is 72.8 Å². The third-order valence-corrected chi connectivity index (χ3v) is 7.68. The molecular weight excluding hydrogens is 602 g/mol. The van der Waals surface area contributed by atoms with Gasteiger partial charge in [0.25, 0.3) is 5.91 Å². The normalized spacial score (nSPS) is 15.0. The second-order valence-electron chi connectivity index (χ2n) is 11.7. The van der Waals surface area contributed by atoms with E-state index >= 15 is 0 Å². The van der Waals surface area contributed by atoms with Gasteiger partial charge in [-0.1, -0.05) is 65.7 Å². The molecule has 44 heavy (non-hydrogen) atoms. The highest BCUT2D eigenvalue weighted by Gasteiger charge is 2.33. The summed E-state index contributed by atoms with van der Waals surface area (Å²) < 4.78 is 21.2. The zero-order chi connectivity index (χ0) is 31.6. The molecule has 1 aliphatic rings. The molecule has 0 aliphatic carbocycles. The molecule has 10 heteroatoms. The molecule has 1 unspecified atom stereocenters. The highest BCUT2D eigenvalue weighted by atomic mass is 35.5. The molecule has 0 radical (unpaired) electrons. The van der Waals surface area contributed by atoms with E-state index in [9.17, 15) is 14.0 Å². The molecule has 3 aromatic carbocycles. The largest absolute Gasteiger partial charge is 0.444 e. The Morgan fingerprint density at radius 2 is 1.75 bits per heavy atom. The lowest BCUT2D eigenvalue weighted by Crippen LogP contribution is -2.38. The summed E-state index contributed by atoms with van der Waals surface area (Å²) in [5, 5.41) is 8.67. The van der Waals surface area contributed by atoms with Gasteiger partial charge in [-0.05, 0) is 87.2 Å². The summed E-state index contributed by atoms with van der Waals surface area (Å²) in [4.78, 5) is 28.8. The highest BCUT2D eigenvalue weighted by Crippen LogP contribution is 2.35. The number of fused-ring (bicyclic) bond motifs is 1. The molecular formula is C34H33Cl2FN4O3. The van der Waals surface area contributed by atoms with E-state index in [1.54, 1.807) is 39.9 Å². The van der Waals surface area contributed by atoms with Gasteiger partial charge in [0.2, 0.25) is 0 Å². The Kier molecular flexibility index (Phi) is 9.13. The quantitative estimate of drug-likeness (QED) is 0.240. The fraction of sp³-hybridized carbons (Fsp3) is 0.265. The van der Waals surface area contributed by atoms with E-state index in [1.807, 2.05) is 64.1 Å². The van der Waals surface area contributed by atoms with Crippen LogP contribution in [0.1, 0.15) is 66.6 Å². The molecule has 5 rings (SSSR count). The second kappa shape index (κ2) is 12.8. The van der Waals surface area contributed by atoms with Gasteiger partial charge in [-0.15, -0.1) is 0 Å². The van der Waals surface area contributed by atoms with E-state index in [0.29, 0.717) is 44.5 Å². The maximum atomic E-state index is 13.9. The molecule has 228 valence electrons. The standard InChI is InChI=1S/C34H33Cl2FN4O3/c1-21(23-8-6-5-7-9-23)38-32(42)30-27-16-17-40(33(43)44-34(2,3)4)20-24(18-22-10-13-26(37)14-11-22)31(27)41(39-30)29-15-12-25(35)19-28(29)36/h5-15,18-19,21H,16-17,20H2,1-4H3,(H,38,42). The van der Waals surface area contributed by atoms with Crippen LogP contribution in [0.3, 0.4) is 0 Å². The van der Waals surface area contributed by atoms with Gasteiger partial charge >= 0.3 is 6.09 Å². The number of ether oxygens (including phenoxy) is 1. The second-order valence-corrected chi connectivity index (χ2v) is 12.5. The molecule has 0 saturated carbocycles. The van der Waals surface area contributed by atoms with Gasteiger partial charge in [0.15, 0.2) is 5.69 Å². The molecule has 1 aromatic heterocycles. The van der Waals surface area contributed by atoms with Crippen molar-refractivity contribution in [2.24, 2.45) is 0 Å². The van der Waals surface area contributed by atoms with Crippen molar-refractivity contribution in [1.82, 2.24) is 20.0 Å². The summed E-state index contributed by atoms with van der Waals surface area (Å²) in [6, 6.07) is 20.4. The zero-order valence-electron chi connectivity index (χ0n) is 24.9. The van der Waals surface area contributed by atoms with Crippen LogP contribution in [0, 0.1) is 5.82 Å². The molecule has 0 spiro atoms. The average molecular weight is 636 g/mol. The summed E-state index contributed by atoms with van der Waals surface area (Å²) >= 11 is 12.9. The summed E-state index contributed by atoms with van der Waals surface area (Å²) in [6.07, 6.45) is 1.70. The molecule has 1 aliphatic heterocycles. The van der Waals surface area contributed by atoms with Crippen LogP contribution < -0.4 is 5.32 Å². The zero-order valence-corrected chi connectivity index (χ0v) is 26.4. The topological polar surface area (TPSA) is 76.5 Å². The first-order chi connectivity index (χ1) is 20.9. The minimum absolute atomic E-state index is 0.150. The monoisotopic (exact) mass is 634 g/mol. The van der Waals surface area contributed by atoms with Crippen molar-refractivity contribution in [2.75, 3.05) is 13.1 Å². The minimum Gasteiger partial charge on any atom is -0.444 e. The van der Waals surface area contributed by atoms with Gasteiger partial charge in [0, 0.05) is 17.1 Å². The van der Waals surface area contributed by atoms with Crippen molar-refractivity contribution in [3.8, 4) is 5.69 Å². The Hall–Kier alpha value is -4.14. The first-order valence-corrected chi connectivity index (χ1v) is 15.0. The van der Waals surface area contributed by atoms with E-state index in [0.717, 1.165) is 5.56 Å². The van der Waals surface area contributed by atoms with Crippen LogP contribution >= 0.6 is 23.2 Å². The van der Waals surface area contributed by atoms with Crippen LogP contribution in [0.25, 0.3) is 17.3 Å². The van der Waals surface area contributed by atoms with Gasteiger partial charge < -0.3 is 15.0 Å². The van der Waals surface area contributed by atoms with Gasteiger partial charge in [-0.2, -0.15) is 5.10 Å². The van der Waals surface area contributed by atoms with Crippen molar-refractivity contribution in [3.63, 3.8) is 0 Å². The third kappa shape index (κ3) is 7.14. The summed E-state index contributed by atoms with van der Waals surface area (Å²) in [7, 11) is 0. The molecule has 7 nitrogen and oxygen atoms in total. The van der Waals surface area contributed by atoms with Gasteiger partial charge in [-0.3, -0.25) is 4.79 Å². The predicted molar refractivity (Wildman–Crippen MR) is 172 cm³/mol. The molecule has 1 atom stereocenters. The van der Waals surface area contributed by atoms with Crippen LogP contribution in [0.2, 0.25) is 10.0 Å². The smallest absolute Gasteiger partial charge is 0.410 e. The number of amides is 2. The average Bonchev–Trinajstić information content (AvgIpc) is 3.24. The van der Waals surface area contributed by atoms with Crippen molar-refractivity contribution < 1.29 is 18.7 Å². The number of aromatic nitrogens is 2. The first kappa shape index (κ1) is 31.3. The van der Waals surface area contributed by atoms with Crippen LogP contribution in [0.4, 0.5) is 9.18 Å². The number of hydrogen-bond acceptors (Lipinski definition) is 4. The summed E-state index contributed by atoms with van der Waals surface area (Å²) in [6.45, 7) is 7.76. The Bertz CT molecular complexity index is 1710. The van der Waals surface area contributed by atoms with E-state index in [2.05, 4.69) is 5.32 Å². The van der Waals surface area contributed by atoms with Crippen LogP contribution in [-0.4, -0.2) is 45.4 Å². The van der Waals surface area contributed by atoms with E-state index < -0.39 is 11.7 Å². The molecule has 1 N–H and O–H groups in total. The first-order valence-electron chi connectivity index (χ1n) is 14.3. The fourth-order valence-electron chi connectivity index (χ4n) is 5.08. The molecule has 4 aromatic rings. The maximum absolute atomic E-state index is 13.9. The number of halogens is 3. The Balaban J connectivity index is 1.67. The van der Waals surface area contributed by atoms with E-state index in [1.165, 1.54) is 12.1 Å². The number of nitrogens with zero attached hydrogens (tertiary/aromatic N) is 3. The third-order valence-electron chi connectivity index (χ3n) is 7.14. The lowest BCUT2D eigenvalue weighted by atomic mass is 10.0. The lowest BCUT2D eigenvalue weighted by Gasteiger charge is -2.27. The van der Waals surface area contributed by atoms with Crippen molar-refractivity contribution in [2.45, 2.75) is 45.8 Å². The Labute approximate surface area is 266 Å². The Morgan fingerprint density at radius 1 is 1.05 bits per heavy atom. The van der Waals surface area contributed by atoms with Crippen molar-refractivity contribution in [3.05, 3.63) is 117 Å². The number of rotatable bonds is 5. The molecule has 0 bridgehead atoms.